The van der Waals surface area contributed by atoms with Crippen LogP contribution < -0.4 is 10.1 Å². The van der Waals surface area contributed by atoms with Gasteiger partial charge in [0.25, 0.3) is 0 Å². The molecular formula is C15H14BrClFNOS. The molecule has 21 heavy (non-hydrogen) atoms. The largest absolute Gasteiger partial charge is 0.487 e. The number of thiophene rings is 1. The summed E-state index contributed by atoms with van der Waals surface area (Å²) in [6.45, 7) is 1.34. The number of hydrogen-bond acceptors (Lipinski definition) is 3. The van der Waals surface area contributed by atoms with Crippen molar-refractivity contribution in [1.29, 1.82) is 0 Å². The minimum atomic E-state index is -0.477. The van der Waals surface area contributed by atoms with Crippen LogP contribution in [0.2, 0.25) is 5.02 Å². The molecule has 1 aliphatic carbocycles. The molecule has 112 valence electrons. The maximum absolute atomic E-state index is 13.4. The predicted octanol–water partition coefficient (Wildman–Crippen LogP) is 5.13. The predicted molar refractivity (Wildman–Crippen MR) is 87.6 cm³/mol. The number of hydrogen-bond donors (Lipinski definition) is 1. The van der Waals surface area contributed by atoms with Gasteiger partial charge in [0.05, 0.1) is 9.50 Å². The number of rotatable bonds is 6. The van der Waals surface area contributed by atoms with Crippen LogP contribution in [0.25, 0.3) is 0 Å². The van der Waals surface area contributed by atoms with Crippen LogP contribution in [0.5, 0.6) is 5.75 Å². The molecule has 1 N–H and O–H groups in total. The fraction of sp³-hybridized carbons (Fsp3) is 0.333. The number of nitrogens with one attached hydrogen (secondary N) is 1. The third-order valence-electron chi connectivity index (χ3n) is 3.20. The van der Waals surface area contributed by atoms with E-state index in [1.165, 1.54) is 29.9 Å². The highest BCUT2D eigenvalue weighted by Gasteiger charge is 2.20. The molecule has 2 nitrogen and oxygen atoms in total. The molecule has 1 saturated carbocycles. The highest BCUT2D eigenvalue weighted by Crippen LogP contribution is 2.31. The van der Waals surface area contributed by atoms with E-state index in [1.807, 2.05) is 0 Å². The standard InChI is InChI=1S/C15H14BrClFNOS/c16-12-5-13(17)14(18)6-15(12)20-8-11-4-3-10(21-11)7-19-9-1-2-9/h3-6,9,19H,1-2,7-8H2. The van der Waals surface area contributed by atoms with Gasteiger partial charge in [-0.3, -0.25) is 0 Å². The fourth-order valence-electron chi connectivity index (χ4n) is 1.89. The summed E-state index contributed by atoms with van der Waals surface area (Å²) in [6.07, 6.45) is 2.58. The Hall–Kier alpha value is -0.620. The van der Waals surface area contributed by atoms with Gasteiger partial charge >= 0.3 is 0 Å². The van der Waals surface area contributed by atoms with Crippen molar-refractivity contribution in [3.8, 4) is 5.75 Å². The first-order chi connectivity index (χ1) is 10.1. The quantitative estimate of drug-likeness (QED) is 0.690. The first-order valence-corrected chi connectivity index (χ1v) is 8.69. The van der Waals surface area contributed by atoms with E-state index >= 15 is 0 Å². The lowest BCUT2D eigenvalue weighted by Gasteiger charge is -2.08. The third-order valence-corrected chi connectivity index (χ3v) is 5.17. The molecule has 0 bridgehead atoms. The van der Waals surface area contributed by atoms with Gasteiger partial charge in [-0.1, -0.05) is 11.6 Å². The summed E-state index contributed by atoms with van der Waals surface area (Å²) in [7, 11) is 0. The van der Waals surface area contributed by atoms with Crippen molar-refractivity contribution in [2.45, 2.75) is 32.0 Å². The lowest BCUT2D eigenvalue weighted by molar-refractivity contribution is 0.306. The summed E-state index contributed by atoms with van der Waals surface area (Å²) in [5, 5.41) is 3.56. The highest BCUT2D eigenvalue weighted by atomic mass is 79.9. The van der Waals surface area contributed by atoms with E-state index in [9.17, 15) is 4.39 Å². The van der Waals surface area contributed by atoms with Gasteiger partial charge in [0, 0.05) is 28.4 Å². The molecule has 1 aliphatic rings. The van der Waals surface area contributed by atoms with Crippen molar-refractivity contribution in [1.82, 2.24) is 5.32 Å². The van der Waals surface area contributed by atoms with Gasteiger partial charge in [-0.15, -0.1) is 11.3 Å². The molecule has 1 heterocycles. The Bertz CT molecular complexity index is 645. The summed E-state index contributed by atoms with van der Waals surface area (Å²) >= 11 is 10.7. The first kappa shape index (κ1) is 15.3. The summed E-state index contributed by atoms with van der Waals surface area (Å²) in [4.78, 5) is 2.41. The zero-order valence-corrected chi connectivity index (χ0v) is 14.3. The van der Waals surface area contributed by atoms with E-state index in [0.29, 0.717) is 22.9 Å². The summed E-state index contributed by atoms with van der Waals surface area (Å²) in [6, 6.07) is 7.67. The van der Waals surface area contributed by atoms with Gasteiger partial charge in [0.1, 0.15) is 18.2 Å². The lowest BCUT2D eigenvalue weighted by Crippen LogP contribution is -2.14. The molecule has 0 radical (unpaired) electrons. The Morgan fingerprint density at radius 2 is 2.10 bits per heavy atom. The molecule has 1 aromatic heterocycles. The van der Waals surface area contributed by atoms with Crippen molar-refractivity contribution in [2.24, 2.45) is 0 Å². The Morgan fingerprint density at radius 1 is 1.33 bits per heavy atom. The molecule has 0 unspecified atom stereocenters. The molecule has 1 fully saturated rings. The fourth-order valence-corrected chi connectivity index (χ4v) is 3.53. The van der Waals surface area contributed by atoms with Gasteiger partial charge in [0.2, 0.25) is 0 Å². The summed E-state index contributed by atoms with van der Waals surface area (Å²) in [5.74, 6) is -0.0154. The van der Waals surface area contributed by atoms with Crippen molar-refractivity contribution in [2.75, 3.05) is 0 Å². The summed E-state index contributed by atoms with van der Waals surface area (Å²) in [5.41, 5.74) is 0. The van der Waals surface area contributed by atoms with Crippen LogP contribution in [0.4, 0.5) is 4.39 Å². The molecule has 0 atom stereocenters. The van der Waals surface area contributed by atoms with Gasteiger partial charge in [-0.2, -0.15) is 0 Å². The zero-order chi connectivity index (χ0) is 14.8. The SMILES string of the molecule is Fc1cc(OCc2ccc(CNC3CC3)s2)c(Br)cc1Cl. The van der Waals surface area contributed by atoms with E-state index in [0.717, 1.165) is 11.4 Å². The van der Waals surface area contributed by atoms with Crippen molar-refractivity contribution in [3.05, 3.63) is 49.3 Å². The van der Waals surface area contributed by atoms with E-state index < -0.39 is 5.82 Å². The molecule has 6 heteroatoms. The van der Waals surface area contributed by atoms with Crippen LogP contribution >= 0.6 is 38.9 Å². The first-order valence-electron chi connectivity index (χ1n) is 6.70. The average Bonchev–Trinajstić information content (AvgIpc) is 3.18. The van der Waals surface area contributed by atoms with Crippen molar-refractivity contribution < 1.29 is 9.13 Å². The number of halogens is 3. The van der Waals surface area contributed by atoms with Crippen molar-refractivity contribution >= 4 is 38.9 Å². The Balaban J connectivity index is 1.58. The number of ether oxygens (including phenoxy) is 1. The van der Waals surface area contributed by atoms with E-state index in [-0.39, 0.29) is 5.02 Å². The van der Waals surface area contributed by atoms with Crippen LogP contribution in [0.15, 0.2) is 28.7 Å². The van der Waals surface area contributed by atoms with Crippen molar-refractivity contribution in [3.63, 3.8) is 0 Å². The van der Waals surface area contributed by atoms with Gasteiger partial charge in [-0.25, -0.2) is 4.39 Å². The third kappa shape index (κ3) is 4.19. The molecular weight excluding hydrogens is 377 g/mol. The smallest absolute Gasteiger partial charge is 0.145 e. The molecule has 0 aliphatic heterocycles. The van der Waals surface area contributed by atoms with Gasteiger partial charge in [0.15, 0.2) is 0 Å². The van der Waals surface area contributed by atoms with Crippen LogP contribution in [-0.2, 0) is 13.2 Å². The Morgan fingerprint density at radius 3 is 2.86 bits per heavy atom. The molecule has 1 aromatic carbocycles. The molecule has 0 spiro atoms. The van der Waals surface area contributed by atoms with E-state index in [4.69, 9.17) is 16.3 Å². The summed E-state index contributed by atoms with van der Waals surface area (Å²) < 4.78 is 19.7. The average molecular weight is 391 g/mol. The minimum absolute atomic E-state index is 0.0822. The Labute approximate surface area is 140 Å². The highest BCUT2D eigenvalue weighted by molar-refractivity contribution is 9.10. The Kier molecular flexibility index (Phi) is 4.84. The topological polar surface area (TPSA) is 21.3 Å². The molecule has 0 amide bonds. The number of benzene rings is 1. The van der Waals surface area contributed by atoms with E-state index in [1.54, 1.807) is 11.3 Å². The lowest BCUT2D eigenvalue weighted by atomic mass is 10.3. The van der Waals surface area contributed by atoms with Crippen LogP contribution in [0.3, 0.4) is 0 Å². The van der Waals surface area contributed by atoms with Crippen LogP contribution in [-0.4, -0.2) is 6.04 Å². The van der Waals surface area contributed by atoms with Gasteiger partial charge in [-0.05, 0) is 47.0 Å². The zero-order valence-electron chi connectivity index (χ0n) is 11.2. The molecule has 3 rings (SSSR count). The normalized spacial score (nSPS) is 14.4. The van der Waals surface area contributed by atoms with Crippen LogP contribution in [0.1, 0.15) is 22.6 Å². The second-order valence-electron chi connectivity index (χ2n) is 5.01. The van der Waals surface area contributed by atoms with E-state index in [2.05, 4.69) is 33.4 Å². The molecule has 0 saturated heterocycles. The minimum Gasteiger partial charge on any atom is -0.487 e. The molecule has 2 aromatic rings. The second kappa shape index (κ2) is 6.65. The second-order valence-corrected chi connectivity index (χ2v) is 7.52. The van der Waals surface area contributed by atoms with Crippen LogP contribution in [0, 0.1) is 5.82 Å². The monoisotopic (exact) mass is 389 g/mol. The van der Waals surface area contributed by atoms with Gasteiger partial charge < -0.3 is 10.1 Å². The maximum atomic E-state index is 13.4. The maximum Gasteiger partial charge on any atom is 0.145 e.